The molecule has 88 valence electrons. The molecule has 0 radical (unpaired) electrons. The molecule has 0 spiro atoms. The number of allylic oxidation sites excluding steroid dienone is 3. The summed E-state index contributed by atoms with van der Waals surface area (Å²) in [5.74, 6) is 0. The summed E-state index contributed by atoms with van der Waals surface area (Å²) >= 11 is 6.00. The van der Waals surface area contributed by atoms with E-state index in [0.29, 0.717) is 5.16 Å². The van der Waals surface area contributed by atoms with Crippen LogP contribution in [0.3, 0.4) is 0 Å². The van der Waals surface area contributed by atoms with Crippen LogP contribution in [0.1, 0.15) is 40.0 Å². The third kappa shape index (κ3) is 3.53. The van der Waals surface area contributed by atoms with Crippen molar-refractivity contribution in [1.82, 2.24) is 5.32 Å². The second-order valence-corrected chi connectivity index (χ2v) is 4.20. The van der Waals surface area contributed by atoms with Crippen LogP contribution in [0, 0.1) is 0 Å². The highest BCUT2D eigenvalue weighted by Gasteiger charge is 2.11. The third-order valence-electron chi connectivity index (χ3n) is 2.38. The van der Waals surface area contributed by atoms with Gasteiger partial charge >= 0.3 is 0 Å². The maximum atomic E-state index is 6.00. The molecule has 1 heterocycles. The molecular weight excluding hydrogens is 220 g/mol. The van der Waals surface area contributed by atoms with Crippen molar-refractivity contribution in [1.29, 1.82) is 0 Å². The van der Waals surface area contributed by atoms with Gasteiger partial charge in [-0.3, -0.25) is 0 Å². The summed E-state index contributed by atoms with van der Waals surface area (Å²) in [4.78, 5) is 4.39. The molecule has 1 N–H and O–H groups in total. The van der Waals surface area contributed by atoms with Crippen molar-refractivity contribution in [3.8, 4) is 0 Å². The lowest BCUT2D eigenvalue weighted by Gasteiger charge is -2.06. The zero-order chi connectivity index (χ0) is 12.0. The van der Waals surface area contributed by atoms with Gasteiger partial charge in [-0.2, -0.15) is 0 Å². The van der Waals surface area contributed by atoms with Gasteiger partial charge in [0, 0.05) is 6.20 Å². The summed E-state index contributed by atoms with van der Waals surface area (Å²) in [6.07, 6.45) is 8.90. The number of aliphatic imine (C=N–C) groups is 1. The molecule has 2 nitrogen and oxygen atoms in total. The maximum Gasteiger partial charge on any atom is 0.125 e. The number of hydrogen-bond acceptors (Lipinski definition) is 2. The summed E-state index contributed by atoms with van der Waals surface area (Å²) in [6, 6.07) is 0. The van der Waals surface area contributed by atoms with Gasteiger partial charge in [0.2, 0.25) is 0 Å². The second-order valence-electron chi connectivity index (χ2n) is 3.82. The molecule has 0 aliphatic carbocycles. The predicted molar refractivity (Wildman–Crippen MR) is 71.5 cm³/mol. The summed E-state index contributed by atoms with van der Waals surface area (Å²) in [5, 5.41) is 3.78. The summed E-state index contributed by atoms with van der Waals surface area (Å²) in [6.45, 7) is 6.35. The first-order chi connectivity index (χ1) is 7.69. The van der Waals surface area contributed by atoms with Crippen LogP contribution in [0.2, 0.25) is 0 Å². The van der Waals surface area contributed by atoms with Crippen LogP contribution < -0.4 is 5.32 Å². The Hall–Kier alpha value is -1.02. The van der Waals surface area contributed by atoms with E-state index in [9.17, 15) is 0 Å². The minimum atomic E-state index is 0.563. The summed E-state index contributed by atoms with van der Waals surface area (Å²) in [7, 11) is 0. The Labute approximate surface area is 103 Å². The molecule has 0 atom stereocenters. The van der Waals surface area contributed by atoms with Crippen LogP contribution in [-0.2, 0) is 0 Å². The van der Waals surface area contributed by atoms with Crippen molar-refractivity contribution in [2.45, 2.75) is 40.0 Å². The lowest BCUT2D eigenvalue weighted by molar-refractivity contribution is 0.885. The van der Waals surface area contributed by atoms with Crippen LogP contribution in [0.15, 0.2) is 39.8 Å². The quantitative estimate of drug-likeness (QED) is 0.733. The molecule has 0 aromatic rings. The van der Waals surface area contributed by atoms with Crippen molar-refractivity contribution in [3.05, 3.63) is 34.8 Å². The van der Waals surface area contributed by atoms with Gasteiger partial charge in [0.25, 0.3) is 0 Å². The number of rotatable bonds is 4. The topological polar surface area (TPSA) is 24.4 Å². The van der Waals surface area contributed by atoms with E-state index in [1.807, 2.05) is 25.3 Å². The molecule has 0 aromatic heterocycles. The molecule has 0 amide bonds. The number of nitrogens with one attached hydrogen (secondary N) is 1. The van der Waals surface area contributed by atoms with E-state index in [0.717, 1.165) is 30.7 Å². The highest BCUT2D eigenvalue weighted by molar-refractivity contribution is 6.30. The molecular formula is C13H19ClN2. The van der Waals surface area contributed by atoms with E-state index in [1.54, 1.807) is 0 Å². The molecule has 0 aromatic carbocycles. The summed E-state index contributed by atoms with van der Waals surface area (Å²) < 4.78 is 0. The van der Waals surface area contributed by atoms with Crippen LogP contribution in [0.25, 0.3) is 0 Å². The van der Waals surface area contributed by atoms with Crippen LogP contribution in [0.5, 0.6) is 0 Å². The molecule has 0 fully saturated rings. The minimum absolute atomic E-state index is 0.563. The van der Waals surface area contributed by atoms with Crippen molar-refractivity contribution in [3.63, 3.8) is 0 Å². The Balaban J connectivity index is 2.91. The maximum absolute atomic E-state index is 6.00. The fourth-order valence-electron chi connectivity index (χ4n) is 1.63. The van der Waals surface area contributed by atoms with Crippen LogP contribution >= 0.6 is 11.6 Å². The van der Waals surface area contributed by atoms with E-state index in [2.05, 4.69) is 24.2 Å². The van der Waals surface area contributed by atoms with Crippen LogP contribution in [0.4, 0.5) is 0 Å². The highest BCUT2D eigenvalue weighted by Crippen LogP contribution is 2.17. The Kier molecular flexibility index (Phi) is 5.33. The molecule has 1 aliphatic heterocycles. The number of nitrogens with zero attached hydrogens (tertiary/aromatic N) is 1. The van der Waals surface area contributed by atoms with Gasteiger partial charge in [-0.1, -0.05) is 31.9 Å². The Bertz CT molecular complexity index is 362. The number of hydrogen-bond donors (Lipinski definition) is 1. The molecule has 1 rings (SSSR count). The molecule has 0 saturated carbocycles. The van der Waals surface area contributed by atoms with E-state index in [1.165, 1.54) is 5.57 Å². The van der Waals surface area contributed by atoms with Crippen molar-refractivity contribution < 1.29 is 0 Å². The first-order valence-electron chi connectivity index (χ1n) is 5.76. The first kappa shape index (κ1) is 13.0. The Morgan fingerprint density at radius 2 is 2.25 bits per heavy atom. The molecule has 0 bridgehead atoms. The van der Waals surface area contributed by atoms with Gasteiger partial charge in [-0.05, 0) is 37.5 Å². The van der Waals surface area contributed by atoms with Gasteiger partial charge in [-0.15, -0.1) is 0 Å². The minimum Gasteiger partial charge on any atom is -0.360 e. The van der Waals surface area contributed by atoms with Gasteiger partial charge in [0.15, 0.2) is 0 Å². The molecule has 16 heavy (non-hydrogen) atoms. The van der Waals surface area contributed by atoms with Gasteiger partial charge in [0.1, 0.15) is 5.16 Å². The van der Waals surface area contributed by atoms with E-state index in [-0.39, 0.29) is 0 Å². The smallest absolute Gasteiger partial charge is 0.125 e. The van der Waals surface area contributed by atoms with Crippen molar-refractivity contribution in [2.75, 3.05) is 0 Å². The van der Waals surface area contributed by atoms with Crippen LogP contribution in [-0.4, -0.2) is 5.71 Å². The van der Waals surface area contributed by atoms with Crippen molar-refractivity contribution in [2.24, 2.45) is 4.99 Å². The average Bonchev–Trinajstić information content (AvgIpc) is 2.66. The van der Waals surface area contributed by atoms with Gasteiger partial charge in [-0.25, -0.2) is 4.99 Å². The first-order valence-corrected chi connectivity index (χ1v) is 6.14. The molecule has 0 saturated heterocycles. The normalized spacial score (nSPS) is 21.5. The largest absolute Gasteiger partial charge is 0.360 e. The standard InChI is InChI=1S/C13H19ClN2/c1-4-6-10(3)13-11(8-9-15-13)16-12(14)7-5-2/h7-9,15H,4-6H2,1-3H3/b12-7+,13-10-,16-11-. The molecule has 1 aliphatic rings. The molecule has 3 heteroatoms. The average molecular weight is 239 g/mol. The van der Waals surface area contributed by atoms with Crippen molar-refractivity contribution >= 4 is 17.3 Å². The van der Waals surface area contributed by atoms with E-state index in [4.69, 9.17) is 11.6 Å². The van der Waals surface area contributed by atoms with E-state index < -0.39 is 0 Å². The fourth-order valence-corrected chi connectivity index (χ4v) is 1.87. The lowest BCUT2D eigenvalue weighted by atomic mass is 10.1. The Morgan fingerprint density at radius 1 is 1.50 bits per heavy atom. The van der Waals surface area contributed by atoms with Gasteiger partial charge in [0.05, 0.1) is 11.4 Å². The summed E-state index contributed by atoms with van der Waals surface area (Å²) in [5.41, 5.74) is 3.36. The molecule has 0 unspecified atom stereocenters. The predicted octanol–water partition coefficient (Wildman–Crippen LogP) is 4.11. The van der Waals surface area contributed by atoms with E-state index >= 15 is 0 Å². The third-order valence-corrected chi connectivity index (χ3v) is 2.62. The SMILES string of the molecule is CC/C=C(Cl)/N=C1/C=CN/C1=C(/C)CCC. The number of halogens is 1. The zero-order valence-electron chi connectivity index (χ0n) is 10.2. The lowest BCUT2D eigenvalue weighted by Crippen LogP contribution is -2.09. The fraction of sp³-hybridized carbons (Fsp3) is 0.462. The zero-order valence-corrected chi connectivity index (χ0v) is 10.9. The monoisotopic (exact) mass is 238 g/mol. The highest BCUT2D eigenvalue weighted by atomic mass is 35.5. The second kappa shape index (κ2) is 6.54. The Morgan fingerprint density at radius 3 is 2.88 bits per heavy atom. The van der Waals surface area contributed by atoms with Gasteiger partial charge < -0.3 is 5.32 Å².